The SMILES string of the molecule is CCc1ccc(-c2cc3c(=O)[nH]nc(SCc4nc(-c5ccccc5)oc4C)n3n2)cc1. The molecule has 0 aliphatic heterocycles. The van der Waals surface area contributed by atoms with Gasteiger partial charge >= 0.3 is 0 Å². The van der Waals surface area contributed by atoms with Crippen molar-refractivity contribution in [3.05, 3.63) is 88.0 Å². The number of aromatic nitrogens is 5. The number of fused-ring (bicyclic) bond motifs is 1. The van der Waals surface area contributed by atoms with Gasteiger partial charge in [0.15, 0.2) is 0 Å². The van der Waals surface area contributed by atoms with E-state index in [1.165, 1.54) is 17.3 Å². The highest BCUT2D eigenvalue weighted by molar-refractivity contribution is 7.98. The van der Waals surface area contributed by atoms with E-state index in [-0.39, 0.29) is 5.56 Å². The number of aryl methyl sites for hydroxylation is 2. The number of thioether (sulfide) groups is 1. The molecular formula is C24H21N5O2S. The number of hydrogen-bond acceptors (Lipinski definition) is 6. The number of hydrogen-bond donors (Lipinski definition) is 1. The molecule has 1 N–H and O–H groups in total. The lowest BCUT2D eigenvalue weighted by molar-refractivity contribution is 0.540. The summed E-state index contributed by atoms with van der Waals surface area (Å²) in [4.78, 5) is 17.0. The van der Waals surface area contributed by atoms with Crippen LogP contribution in [0.1, 0.15) is 23.9 Å². The van der Waals surface area contributed by atoms with Crippen LogP contribution in [-0.2, 0) is 12.2 Å². The van der Waals surface area contributed by atoms with E-state index in [4.69, 9.17) is 4.42 Å². The fourth-order valence-electron chi connectivity index (χ4n) is 3.44. The second-order valence-corrected chi connectivity index (χ2v) is 8.33. The van der Waals surface area contributed by atoms with E-state index in [0.29, 0.717) is 22.3 Å². The van der Waals surface area contributed by atoms with Gasteiger partial charge in [-0.2, -0.15) is 5.10 Å². The molecule has 7 nitrogen and oxygen atoms in total. The number of oxazole rings is 1. The Morgan fingerprint density at radius 3 is 2.59 bits per heavy atom. The van der Waals surface area contributed by atoms with Gasteiger partial charge in [-0.05, 0) is 37.1 Å². The fourth-order valence-corrected chi connectivity index (χ4v) is 4.34. The molecule has 0 spiro atoms. The van der Waals surface area contributed by atoms with Crippen LogP contribution in [0.2, 0.25) is 0 Å². The van der Waals surface area contributed by atoms with Crippen molar-refractivity contribution >= 4 is 17.3 Å². The topological polar surface area (TPSA) is 89.1 Å². The molecule has 0 unspecified atom stereocenters. The minimum atomic E-state index is -0.276. The van der Waals surface area contributed by atoms with Crippen LogP contribution in [0.4, 0.5) is 0 Å². The van der Waals surface area contributed by atoms with Crippen molar-refractivity contribution in [2.75, 3.05) is 0 Å². The summed E-state index contributed by atoms with van der Waals surface area (Å²) in [7, 11) is 0. The van der Waals surface area contributed by atoms with E-state index < -0.39 is 0 Å². The van der Waals surface area contributed by atoms with E-state index in [2.05, 4.69) is 39.3 Å². The molecule has 5 rings (SSSR count). The van der Waals surface area contributed by atoms with Crippen molar-refractivity contribution in [1.29, 1.82) is 0 Å². The highest BCUT2D eigenvalue weighted by atomic mass is 32.2. The molecule has 0 atom stereocenters. The lowest BCUT2D eigenvalue weighted by Gasteiger charge is -2.02. The van der Waals surface area contributed by atoms with E-state index in [9.17, 15) is 4.79 Å². The molecule has 8 heteroatoms. The van der Waals surface area contributed by atoms with Gasteiger partial charge in [0.25, 0.3) is 5.56 Å². The lowest BCUT2D eigenvalue weighted by atomic mass is 10.1. The monoisotopic (exact) mass is 443 g/mol. The Balaban J connectivity index is 1.44. The summed E-state index contributed by atoms with van der Waals surface area (Å²) in [5.41, 5.74) is 4.89. The Labute approximate surface area is 188 Å². The first-order valence-corrected chi connectivity index (χ1v) is 11.3. The van der Waals surface area contributed by atoms with Gasteiger partial charge in [-0.1, -0.05) is 61.2 Å². The molecule has 0 aliphatic rings. The Bertz CT molecular complexity index is 1440. The van der Waals surface area contributed by atoms with E-state index >= 15 is 0 Å². The van der Waals surface area contributed by atoms with Gasteiger partial charge in [-0.3, -0.25) is 4.79 Å². The first kappa shape index (κ1) is 20.3. The molecule has 0 fully saturated rings. The maximum absolute atomic E-state index is 12.3. The Morgan fingerprint density at radius 2 is 1.84 bits per heavy atom. The Morgan fingerprint density at radius 1 is 1.06 bits per heavy atom. The van der Waals surface area contributed by atoms with E-state index in [1.807, 2.05) is 49.4 Å². The minimum Gasteiger partial charge on any atom is -0.441 e. The second kappa shape index (κ2) is 8.47. The largest absolute Gasteiger partial charge is 0.441 e. The molecule has 5 aromatic rings. The van der Waals surface area contributed by atoms with Crippen molar-refractivity contribution in [1.82, 2.24) is 24.8 Å². The number of H-pyrrole nitrogens is 1. The summed E-state index contributed by atoms with van der Waals surface area (Å²) >= 11 is 1.45. The molecule has 0 aliphatic carbocycles. The predicted octanol–water partition coefficient (Wildman–Crippen LogP) is 4.90. The van der Waals surface area contributed by atoms with Crippen molar-refractivity contribution in [3.63, 3.8) is 0 Å². The van der Waals surface area contributed by atoms with Gasteiger partial charge in [0.2, 0.25) is 11.0 Å². The van der Waals surface area contributed by atoms with Crippen molar-refractivity contribution in [2.24, 2.45) is 0 Å². The average molecular weight is 444 g/mol. The zero-order valence-electron chi connectivity index (χ0n) is 17.7. The molecule has 2 aromatic carbocycles. The van der Waals surface area contributed by atoms with Gasteiger partial charge < -0.3 is 4.42 Å². The van der Waals surface area contributed by atoms with Crippen LogP contribution >= 0.6 is 11.8 Å². The molecule has 3 heterocycles. The van der Waals surface area contributed by atoms with Crippen molar-refractivity contribution < 1.29 is 4.42 Å². The van der Waals surface area contributed by atoms with Gasteiger partial charge in [0.1, 0.15) is 11.3 Å². The highest BCUT2D eigenvalue weighted by Gasteiger charge is 2.16. The standard InChI is InChI=1S/C24H21N5O2S/c1-3-16-9-11-17(12-10-16)19-13-21-22(30)26-27-24(29(21)28-19)32-14-20-15(2)31-23(25-20)18-7-5-4-6-8-18/h4-13H,3,14H2,1-2H3,(H,26,30). The van der Waals surface area contributed by atoms with Crippen LogP contribution in [0.25, 0.3) is 28.2 Å². The van der Waals surface area contributed by atoms with E-state index in [1.54, 1.807) is 10.6 Å². The van der Waals surface area contributed by atoms with Gasteiger partial charge in [0.05, 0.1) is 11.4 Å². The van der Waals surface area contributed by atoms with Crippen molar-refractivity contribution in [3.8, 4) is 22.7 Å². The molecule has 160 valence electrons. The molecular weight excluding hydrogens is 422 g/mol. The Hall–Kier alpha value is -3.65. The normalized spacial score (nSPS) is 11.3. The molecule has 0 saturated heterocycles. The summed E-state index contributed by atoms with van der Waals surface area (Å²) < 4.78 is 7.45. The zero-order chi connectivity index (χ0) is 22.1. The molecule has 3 aromatic heterocycles. The van der Waals surface area contributed by atoms with Crippen LogP contribution in [0.3, 0.4) is 0 Å². The smallest absolute Gasteiger partial charge is 0.290 e. The number of nitrogens with one attached hydrogen (secondary N) is 1. The van der Waals surface area contributed by atoms with Crippen LogP contribution in [0.15, 0.2) is 75.0 Å². The van der Waals surface area contributed by atoms with Crippen LogP contribution < -0.4 is 5.56 Å². The maximum Gasteiger partial charge on any atom is 0.290 e. The van der Waals surface area contributed by atoms with Gasteiger partial charge in [0, 0.05) is 16.9 Å². The fraction of sp³-hybridized carbons (Fsp3) is 0.167. The predicted molar refractivity (Wildman–Crippen MR) is 125 cm³/mol. The third-order valence-electron chi connectivity index (χ3n) is 5.29. The number of nitrogens with zero attached hydrogens (tertiary/aromatic N) is 4. The third-order valence-corrected chi connectivity index (χ3v) is 6.23. The van der Waals surface area contributed by atoms with Crippen LogP contribution in [0, 0.1) is 6.92 Å². The van der Waals surface area contributed by atoms with Crippen LogP contribution in [0.5, 0.6) is 0 Å². The first-order valence-electron chi connectivity index (χ1n) is 10.3. The first-order chi connectivity index (χ1) is 15.6. The maximum atomic E-state index is 12.3. The zero-order valence-corrected chi connectivity index (χ0v) is 18.5. The molecule has 0 amide bonds. The summed E-state index contributed by atoms with van der Waals surface area (Å²) in [6, 6.07) is 19.8. The average Bonchev–Trinajstić information content (AvgIpc) is 3.44. The summed E-state index contributed by atoms with van der Waals surface area (Å²) in [5.74, 6) is 1.89. The Kier molecular flexibility index (Phi) is 5.36. The lowest BCUT2D eigenvalue weighted by Crippen LogP contribution is -2.13. The molecule has 0 radical (unpaired) electrons. The summed E-state index contributed by atoms with van der Waals surface area (Å²) in [6.07, 6.45) is 0.975. The molecule has 0 bridgehead atoms. The second-order valence-electron chi connectivity index (χ2n) is 7.39. The van der Waals surface area contributed by atoms with Crippen LogP contribution in [-0.4, -0.2) is 24.8 Å². The summed E-state index contributed by atoms with van der Waals surface area (Å²) in [6.45, 7) is 4.02. The molecule has 32 heavy (non-hydrogen) atoms. The van der Waals surface area contributed by atoms with Gasteiger partial charge in [-0.25, -0.2) is 14.6 Å². The highest BCUT2D eigenvalue weighted by Crippen LogP contribution is 2.27. The number of benzene rings is 2. The number of aromatic amines is 1. The van der Waals surface area contributed by atoms with Gasteiger partial charge in [-0.15, -0.1) is 5.10 Å². The minimum absolute atomic E-state index is 0.276. The van der Waals surface area contributed by atoms with Crippen molar-refractivity contribution in [2.45, 2.75) is 31.2 Å². The quantitative estimate of drug-likeness (QED) is 0.375. The van der Waals surface area contributed by atoms with E-state index in [0.717, 1.165) is 34.7 Å². The molecule has 0 saturated carbocycles. The summed E-state index contributed by atoms with van der Waals surface area (Å²) in [5, 5.41) is 12.0. The number of rotatable bonds is 6. The third kappa shape index (κ3) is 3.85.